The maximum absolute atomic E-state index is 11.1. The predicted octanol–water partition coefficient (Wildman–Crippen LogP) is 2.69. The molecular weight excluding hydrogens is 186 g/mol. The molecule has 68 valence electrons. The predicted molar refractivity (Wildman–Crippen MR) is 54.8 cm³/mol. The second-order valence-electron chi connectivity index (χ2n) is 2.73. The SMILES string of the molecule is C=C(Cl)C(=O)Nc1cccc(C)c1. The molecule has 0 fully saturated rings. The third-order valence-corrected chi connectivity index (χ3v) is 1.69. The second-order valence-corrected chi connectivity index (χ2v) is 3.18. The smallest absolute Gasteiger partial charge is 0.266 e. The van der Waals surface area contributed by atoms with Gasteiger partial charge in [-0.05, 0) is 24.6 Å². The number of hydrogen-bond donors (Lipinski definition) is 1. The van der Waals surface area contributed by atoms with Gasteiger partial charge in [-0.15, -0.1) is 0 Å². The molecule has 0 aromatic heterocycles. The molecule has 0 radical (unpaired) electrons. The van der Waals surface area contributed by atoms with E-state index in [9.17, 15) is 4.79 Å². The van der Waals surface area contributed by atoms with Gasteiger partial charge < -0.3 is 5.32 Å². The molecule has 1 amide bonds. The molecule has 1 aromatic carbocycles. The van der Waals surface area contributed by atoms with E-state index in [1.165, 1.54) is 0 Å². The maximum atomic E-state index is 11.1. The summed E-state index contributed by atoms with van der Waals surface area (Å²) >= 11 is 5.41. The van der Waals surface area contributed by atoms with Crippen LogP contribution in [0.2, 0.25) is 0 Å². The molecule has 1 aromatic rings. The fraction of sp³-hybridized carbons (Fsp3) is 0.100. The lowest BCUT2D eigenvalue weighted by Gasteiger charge is -2.03. The average Bonchev–Trinajstić information content (AvgIpc) is 2.04. The summed E-state index contributed by atoms with van der Waals surface area (Å²) in [5.74, 6) is -0.368. The van der Waals surface area contributed by atoms with E-state index < -0.39 is 0 Å². The summed E-state index contributed by atoms with van der Waals surface area (Å²) in [6.45, 7) is 5.28. The van der Waals surface area contributed by atoms with E-state index in [4.69, 9.17) is 11.6 Å². The summed E-state index contributed by atoms with van der Waals surface area (Å²) in [6.07, 6.45) is 0. The molecular formula is C10H10ClNO. The lowest BCUT2D eigenvalue weighted by Crippen LogP contribution is -2.10. The van der Waals surface area contributed by atoms with E-state index in [0.29, 0.717) is 0 Å². The van der Waals surface area contributed by atoms with Crippen LogP contribution in [0.1, 0.15) is 5.56 Å². The highest BCUT2D eigenvalue weighted by molar-refractivity contribution is 6.43. The first-order chi connectivity index (χ1) is 6.09. The topological polar surface area (TPSA) is 29.1 Å². The molecule has 1 rings (SSSR count). The Morgan fingerprint density at radius 1 is 1.54 bits per heavy atom. The van der Waals surface area contributed by atoms with Crippen molar-refractivity contribution in [3.05, 3.63) is 41.4 Å². The normalized spacial score (nSPS) is 9.38. The lowest BCUT2D eigenvalue weighted by molar-refractivity contribution is -0.112. The summed E-state index contributed by atoms with van der Waals surface area (Å²) in [7, 11) is 0. The molecule has 0 atom stereocenters. The number of hydrogen-bond acceptors (Lipinski definition) is 1. The Balaban J connectivity index is 2.75. The van der Waals surface area contributed by atoms with Crippen molar-refractivity contribution in [1.82, 2.24) is 0 Å². The zero-order valence-corrected chi connectivity index (χ0v) is 8.06. The largest absolute Gasteiger partial charge is 0.321 e. The summed E-state index contributed by atoms with van der Waals surface area (Å²) in [5, 5.41) is 2.60. The lowest BCUT2D eigenvalue weighted by atomic mass is 10.2. The van der Waals surface area contributed by atoms with Gasteiger partial charge >= 0.3 is 0 Å². The van der Waals surface area contributed by atoms with Crippen LogP contribution in [0.3, 0.4) is 0 Å². The molecule has 0 spiro atoms. The van der Waals surface area contributed by atoms with Crippen molar-refractivity contribution in [2.45, 2.75) is 6.92 Å². The summed E-state index contributed by atoms with van der Waals surface area (Å²) < 4.78 is 0. The first-order valence-corrected chi connectivity index (χ1v) is 4.20. The number of amides is 1. The van der Waals surface area contributed by atoms with Crippen LogP contribution in [0.15, 0.2) is 35.9 Å². The Hall–Kier alpha value is -1.28. The minimum Gasteiger partial charge on any atom is -0.321 e. The van der Waals surface area contributed by atoms with Gasteiger partial charge in [0.2, 0.25) is 0 Å². The van der Waals surface area contributed by atoms with Crippen molar-refractivity contribution in [3.63, 3.8) is 0 Å². The number of aryl methyl sites for hydroxylation is 1. The van der Waals surface area contributed by atoms with E-state index >= 15 is 0 Å². The Morgan fingerprint density at radius 3 is 2.77 bits per heavy atom. The van der Waals surface area contributed by atoms with Gasteiger partial charge in [0.15, 0.2) is 0 Å². The monoisotopic (exact) mass is 195 g/mol. The highest BCUT2D eigenvalue weighted by Gasteiger charge is 2.03. The minimum absolute atomic E-state index is 0.0125. The van der Waals surface area contributed by atoms with Gasteiger partial charge in [0.05, 0.1) is 5.03 Å². The molecule has 0 unspecified atom stereocenters. The van der Waals surface area contributed by atoms with Gasteiger partial charge in [0, 0.05) is 5.69 Å². The molecule has 1 N–H and O–H groups in total. The van der Waals surface area contributed by atoms with Crippen LogP contribution in [0.25, 0.3) is 0 Å². The van der Waals surface area contributed by atoms with Gasteiger partial charge in [-0.25, -0.2) is 0 Å². The van der Waals surface area contributed by atoms with Crippen LogP contribution in [-0.4, -0.2) is 5.91 Å². The number of nitrogens with one attached hydrogen (secondary N) is 1. The standard InChI is InChI=1S/C10H10ClNO/c1-7-4-3-5-9(6-7)12-10(13)8(2)11/h3-6H,2H2,1H3,(H,12,13). The molecule has 0 aliphatic rings. The highest BCUT2D eigenvalue weighted by Crippen LogP contribution is 2.11. The number of halogens is 1. The number of carbonyl (C=O) groups excluding carboxylic acids is 1. The van der Waals surface area contributed by atoms with Crippen LogP contribution in [0.4, 0.5) is 5.69 Å². The first-order valence-electron chi connectivity index (χ1n) is 3.82. The van der Waals surface area contributed by atoms with Crippen molar-refractivity contribution in [2.75, 3.05) is 5.32 Å². The molecule has 0 bridgehead atoms. The Morgan fingerprint density at radius 2 is 2.23 bits per heavy atom. The van der Waals surface area contributed by atoms with Crippen molar-refractivity contribution in [3.8, 4) is 0 Å². The molecule has 0 saturated heterocycles. The van der Waals surface area contributed by atoms with Gasteiger partial charge in [0.25, 0.3) is 5.91 Å². The number of benzene rings is 1. The highest BCUT2D eigenvalue weighted by atomic mass is 35.5. The van der Waals surface area contributed by atoms with Crippen LogP contribution in [-0.2, 0) is 4.79 Å². The zero-order valence-electron chi connectivity index (χ0n) is 7.30. The molecule has 0 saturated carbocycles. The van der Waals surface area contributed by atoms with Crippen molar-refractivity contribution in [2.24, 2.45) is 0 Å². The second kappa shape index (κ2) is 4.10. The van der Waals surface area contributed by atoms with Crippen LogP contribution < -0.4 is 5.32 Å². The Bertz CT molecular complexity index is 347. The van der Waals surface area contributed by atoms with Crippen LogP contribution in [0.5, 0.6) is 0 Å². The minimum atomic E-state index is -0.368. The van der Waals surface area contributed by atoms with Crippen molar-refractivity contribution in [1.29, 1.82) is 0 Å². The molecule has 13 heavy (non-hydrogen) atoms. The molecule has 0 aliphatic carbocycles. The molecule has 0 aliphatic heterocycles. The number of carbonyl (C=O) groups is 1. The van der Waals surface area contributed by atoms with E-state index in [0.717, 1.165) is 11.3 Å². The third-order valence-electron chi connectivity index (χ3n) is 1.52. The first kappa shape index (κ1) is 9.81. The fourth-order valence-corrected chi connectivity index (χ4v) is 0.969. The average molecular weight is 196 g/mol. The molecule has 0 heterocycles. The summed E-state index contributed by atoms with van der Waals surface area (Å²) in [5.41, 5.74) is 1.81. The molecule has 3 heteroatoms. The van der Waals surface area contributed by atoms with E-state index in [2.05, 4.69) is 11.9 Å². The fourth-order valence-electron chi connectivity index (χ4n) is 0.922. The third kappa shape index (κ3) is 2.92. The van der Waals surface area contributed by atoms with Crippen LogP contribution in [0, 0.1) is 6.92 Å². The van der Waals surface area contributed by atoms with Gasteiger partial charge in [0.1, 0.15) is 0 Å². The quantitative estimate of drug-likeness (QED) is 0.723. The zero-order chi connectivity index (χ0) is 9.84. The van der Waals surface area contributed by atoms with E-state index in [-0.39, 0.29) is 10.9 Å². The van der Waals surface area contributed by atoms with Gasteiger partial charge in [-0.1, -0.05) is 30.3 Å². The summed E-state index contributed by atoms with van der Waals surface area (Å²) in [4.78, 5) is 11.1. The van der Waals surface area contributed by atoms with Crippen molar-refractivity contribution >= 4 is 23.2 Å². The number of anilines is 1. The maximum Gasteiger partial charge on any atom is 0.266 e. The van der Waals surface area contributed by atoms with Crippen molar-refractivity contribution < 1.29 is 4.79 Å². The van der Waals surface area contributed by atoms with Gasteiger partial charge in [-0.3, -0.25) is 4.79 Å². The number of rotatable bonds is 2. The van der Waals surface area contributed by atoms with Crippen LogP contribution >= 0.6 is 11.6 Å². The van der Waals surface area contributed by atoms with E-state index in [1.54, 1.807) is 6.07 Å². The van der Waals surface area contributed by atoms with Gasteiger partial charge in [-0.2, -0.15) is 0 Å². The van der Waals surface area contributed by atoms with E-state index in [1.807, 2.05) is 25.1 Å². The Labute approximate surface area is 82.2 Å². The Kier molecular flexibility index (Phi) is 3.09. The molecule has 2 nitrogen and oxygen atoms in total. The summed E-state index contributed by atoms with van der Waals surface area (Å²) in [6, 6.07) is 7.47.